The molecule has 3 nitrogen and oxygen atoms in total. The van der Waals surface area contributed by atoms with Gasteiger partial charge in [-0.1, -0.05) is 45.4 Å². The molecule has 3 aliphatic carbocycles. The van der Waals surface area contributed by atoms with Crippen molar-refractivity contribution in [2.75, 3.05) is 0 Å². The van der Waals surface area contributed by atoms with Crippen molar-refractivity contribution >= 4 is 18.3 Å². The first-order valence-corrected chi connectivity index (χ1v) is 9.68. The minimum atomic E-state index is 0. The van der Waals surface area contributed by atoms with E-state index in [0.29, 0.717) is 35.7 Å². The molecule has 23 heavy (non-hydrogen) atoms. The van der Waals surface area contributed by atoms with Crippen LogP contribution in [-0.2, 0) is 4.79 Å². The maximum Gasteiger partial charge on any atom is 0.220 e. The second kappa shape index (κ2) is 8.71. The van der Waals surface area contributed by atoms with Crippen molar-refractivity contribution in [1.29, 1.82) is 0 Å². The highest BCUT2D eigenvalue weighted by Gasteiger charge is 2.40. The van der Waals surface area contributed by atoms with Crippen LogP contribution in [0.15, 0.2) is 0 Å². The van der Waals surface area contributed by atoms with Crippen LogP contribution >= 0.6 is 12.4 Å². The zero-order chi connectivity index (χ0) is 15.5. The summed E-state index contributed by atoms with van der Waals surface area (Å²) < 4.78 is 0. The van der Waals surface area contributed by atoms with Crippen molar-refractivity contribution in [1.82, 2.24) is 5.32 Å². The average Bonchev–Trinajstić information content (AvgIpc) is 2.49. The van der Waals surface area contributed by atoms with Crippen molar-refractivity contribution in [3.8, 4) is 0 Å². The monoisotopic (exact) mass is 342 g/mol. The van der Waals surface area contributed by atoms with Gasteiger partial charge in [0.15, 0.2) is 0 Å². The minimum Gasteiger partial charge on any atom is -0.353 e. The van der Waals surface area contributed by atoms with Crippen LogP contribution in [0.5, 0.6) is 0 Å². The van der Waals surface area contributed by atoms with E-state index in [-0.39, 0.29) is 12.4 Å². The van der Waals surface area contributed by atoms with Crippen molar-refractivity contribution in [3.05, 3.63) is 0 Å². The van der Waals surface area contributed by atoms with Crippen LogP contribution in [0.1, 0.15) is 77.6 Å². The van der Waals surface area contributed by atoms with Gasteiger partial charge in [-0.05, 0) is 49.4 Å². The van der Waals surface area contributed by atoms with E-state index >= 15 is 0 Å². The van der Waals surface area contributed by atoms with E-state index in [9.17, 15) is 4.79 Å². The second-order valence-corrected chi connectivity index (χ2v) is 8.36. The first-order valence-electron chi connectivity index (χ1n) is 9.68. The number of rotatable bonds is 4. The summed E-state index contributed by atoms with van der Waals surface area (Å²) in [5, 5.41) is 3.42. The average molecular weight is 343 g/mol. The van der Waals surface area contributed by atoms with Crippen LogP contribution in [0.2, 0.25) is 0 Å². The zero-order valence-corrected chi connectivity index (χ0v) is 15.5. The minimum absolute atomic E-state index is 0. The third-order valence-electron chi connectivity index (χ3n) is 6.67. The van der Waals surface area contributed by atoms with Gasteiger partial charge >= 0.3 is 0 Å². The number of fused-ring (bicyclic) bond motifs is 2. The molecule has 3 atom stereocenters. The molecule has 3 rings (SSSR count). The Morgan fingerprint density at radius 3 is 2.26 bits per heavy atom. The van der Waals surface area contributed by atoms with Crippen LogP contribution in [0.3, 0.4) is 0 Å². The second-order valence-electron chi connectivity index (χ2n) is 8.36. The first-order chi connectivity index (χ1) is 10.6. The number of nitrogens with one attached hydrogen (secondary N) is 1. The Hall–Kier alpha value is -0.280. The Labute approximate surface area is 147 Å². The third kappa shape index (κ3) is 4.85. The maximum atomic E-state index is 12.5. The molecule has 0 radical (unpaired) electrons. The van der Waals surface area contributed by atoms with E-state index in [1.165, 1.54) is 51.4 Å². The Bertz CT molecular complexity index is 370. The highest BCUT2D eigenvalue weighted by molar-refractivity contribution is 5.85. The van der Waals surface area contributed by atoms with Gasteiger partial charge in [0, 0.05) is 18.5 Å². The van der Waals surface area contributed by atoms with E-state index in [4.69, 9.17) is 5.73 Å². The standard InChI is InChI=1S/C19H34N2O.ClH/c1-13(14-6-3-2-4-7-14)10-18(22)21-19-15-8-5-9-16(19)12-17(20)11-15;/h13-17,19H,2-12,20H2,1H3,(H,21,22);1H. The lowest BCUT2D eigenvalue weighted by Gasteiger charge is -2.45. The van der Waals surface area contributed by atoms with Crippen LogP contribution in [0, 0.1) is 23.7 Å². The molecule has 3 aliphatic rings. The van der Waals surface area contributed by atoms with Crippen LogP contribution in [0.4, 0.5) is 0 Å². The van der Waals surface area contributed by atoms with Gasteiger partial charge in [-0.2, -0.15) is 0 Å². The first kappa shape index (κ1) is 19.1. The highest BCUT2D eigenvalue weighted by atomic mass is 35.5. The topological polar surface area (TPSA) is 55.1 Å². The molecule has 1 amide bonds. The van der Waals surface area contributed by atoms with Gasteiger partial charge in [0.2, 0.25) is 5.91 Å². The summed E-state index contributed by atoms with van der Waals surface area (Å²) in [5.74, 6) is 2.90. The van der Waals surface area contributed by atoms with Gasteiger partial charge in [0.25, 0.3) is 0 Å². The number of hydrogen-bond acceptors (Lipinski definition) is 2. The molecule has 3 fully saturated rings. The molecule has 0 spiro atoms. The summed E-state index contributed by atoms with van der Waals surface area (Å²) in [7, 11) is 0. The summed E-state index contributed by atoms with van der Waals surface area (Å²) in [6.07, 6.45) is 13.6. The molecule has 0 heterocycles. The summed E-state index contributed by atoms with van der Waals surface area (Å²) in [4.78, 5) is 12.5. The summed E-state index contributed by atoms with van der Waals surface area (Å²) in [6.45, 7) is 2.28. The van der Waals surface area contributed by atoms with Crippen molar-refractivity contribution in [2.24, 2.45) is 29.4 Å². The number of halogens is 1. The number of carbonyl (C=O) groups excluding carboxylic acids is 1. The molecule has 3 unspecified atom stereocenters. The van der Waals surface area contributed by atoms with Gasteiger partial charge in [0.1, 0.15) is 0 Å². The van der Waals surface area contributed by atoms with E-state index < -0.39 is 0 Å². The molecule has 134 valence electrons. The van der Waals surface area contributed by atoms with E-state index in [1.807, 2.05) is 0 Å². The van der Waals surface area contributed by atoms with Crippen molar-refractivity contribution in [3.63, 3.8) is 0 Å². The molecule has 2 bridgehead atoms. The molecular formula is C19H35ClN2O. The number of hydrogen-bond donors (Lipinski definition) is 2. The van der Waals surface area contributed by atoms with Crippen LogP contribution in [0.25, 0.3) is 0 Å². The molecule has 3 saturated carbocycles. The van der Waals surface area contributed by atoms with E-state index in [0.717, 1.165) is 25.2 Å². The fourth-order valence-electron chi connectivity index (χ4n) is 5.43. The Balaban J connectivity index is 0.00000192. The number of nitrogens with two attached hydrogens (primary N) is 1. The predicted octanol–water partition coefficient (Wildman–Crippen LogP) is 4.04. The molecular weight excluding hydrogens is 308 g/mol. The van der Waals surface area contributed by atoms with Gasteiger partial charge in [-0.25, -0.2) is 0 Å². The van der Waals surface area contributed by atoms with Crippen LogP contribution in [-0.4, -0.2) is 18.0 Å². The van der Waals surface area contributed by atoms with Gasteiger partial charge < -0.3 is 11.1 Å². The fraction of sp³-hybridized carbons (Fsp3) is 0.947. The molecule has 4 heteroatoms. The largest absolute Gasteiger partial charge is 0.353 e. The third-order valence-corrected chi connectivity index (χ3v) is 6.67. The Morgan fingerprint density at radius 1 is 1.04 bits per heavy atom. The quantitative estimate of drug-likeness (QED) is 0.810. The maximum absolute atomic E-state index is 12.5. The lowest BCUT2D eigenvalue weighted by Crippen LogP contribution is -2.53. The smallest absolute Gasteiger partial charge is 0.220 e. The summed E-state index contributed by atoms with van der Waals surface area (Å²) in [6, 6.07) is 0.782. The summed E-state index contributed by atoms with van der Waals surface area (Å²) in [5.41, 5.74) is 6.18. The summed E-state index contributed by atoms with van der Waals surface area (Å²) >= 11 is 0. The lowest BCUT2D eigenvalue weighted by molar-refractivity contribution is -0.124. The van der Waals surface area contributed by atoms with Gasteiger partial charge in [-0.3, -0.25) is 4.79 Å². The number of amides is 1. The molecule has 0 aromatic heterocycles. The van der Waals surface area contributed by atoms with Crippen molar-refractivity contribution < 1.29 is 4.79 Å². The fourth-order valence-corrected chi connectivity index (χ4v) is 5.43. The van der Waals surface area contributed by atoms with Crippen LogP contribution < -0.4 is 11.1 Å². The molecule has 0 aromatic carbocycles. The van der Waals surface area contributed by atoms with Crippen molar-refractivity contribution in [2.45, 2.75) is 89.6 Å². The predicted molar refractivity (Wildman–Crippen MR) is 97.6 cm³/mol. The SMILES string of the molecule is CC(CC(=O)NC1C2CCCC1CC(N)C2)C1CCCCC1.Cl. The lowest BCUT2D eigenvalue weighted by atomic mass is 9.67. The normalized spacial score (nSPS) is 35.9. The Morgan fingerprint density at radius 2 is 1.65 bits per heavy atom. The zero-order valence-electron chi connectivity index (χ0n) is 14.6. The highest BCUT2D eigenvalue weighted by Crippen LogP contribution is 2.40. The van der Waals surface area contributed by atoms with Gasteiger partial charge in [-0.15, -0.1) is 12.4 Å². The number of carbonyl (C=O) groups is 1. The molecule has 0 aromatic rings. The van der Waals surface area contributed by atoms with E-state index in [1.54, 1.807) is 0 Å². The molecule has 0 aliphatic heterocycles. The molecule has 3 N–H and O–H groups in total. The molecule has 0 saturated heterocycles. The Kier molecular flexibility index (Phi) is 7.21. The van der Waals surface area contributed by atoms with E-state index in [2.05, 4.69) is 12.2 Å². The van der Waals surface area contributed by atoms with Gasteiger partial charge in [0.05, 0.1) is 0 Å².